The van der Waals surface area contributed by atoms with Crippen molar-refractivity contribution in [2.24, 2.45) is 0 Å². The zero-order chi connectivity index (χ0) is 15.4. The van der Waals surface area contributed by atoms with Gasteiger partial charge in [-0.3, -0.25) is 0 Å². The molecule has 0 aliphatic heterocycles. The number of fused-ring (bicyclic) bond motifs is 3. The molecule has 0 saturated heterocycles. The lowest BCUT2D eigenvalue weighted by atomic mass is 10.1. The van der Waals surface area contributed by atoms with Crippen LogP contribution in [0.2, 0.25) is 0 Å². The van der Waals surface area contributed by atoms with Crippen LogP contribution in [-0.4, -0.2) is 12.8 Å². The molecule has 114 valence electrons. The van der Waals surface area contributed by atoms with E-state index in [0.29, 0.717) is 12.4 Å². The molecule has 3 heteroatoms. The average Bonchev–Trinajstić information content (AvgIpc) is 2.92. The second kappa shape index (κ2) is 6.65. The molecule has 0 unspecified atom stereocenters. The summed E-state index contributed by atoms with van der Waals surface area (Å²) < 4.78 is 10.5. The minimum atomic E-state index is -0.611. The first-order valence-electron chi connectivity index (χ1n) is 7.84. The molecule has 0 heterocycles. The fourth-order valence-electron chi connectivity index (χ4n) is 2.85. The fourth-order valence-corrected chi connectivity index (χ4v) is 2.85. The summed E-state index contributed by atoms with van der Waals surface area (Å²) in [6.07, 6.45) is 3.22. The van der Waals surface area contributed by atoms with Gasteiger partial charge in [-0.1, -0.05) is 56.2 Å². The van der Waals surface area contributed by atoms with E-state index in [-0.39, 0.29) is 0 Å². The Balaban J connectivity index is 1.71. The molecule has 0 atom stereocenters. The van der Waals surface area contributed by atoms with Crippen molar-refractivity contribution in [3.8, 4) is 16.9 Å². The number of hydrogen-bond donors (Lipinski definition) is 0. The van der Waals surface area contributed by atoms with Gasteiger partial charge < -0.3 is 9.47 Å². The Morgan fingerprint density at radius 2 is 1.86 bits per heavy atom. The monoisotopic (exact) mass is 296 g/mol. The summed E-state index contributed by atoms with van der Waals surface area (Å²) in [5.74, 6) is 0.606. The largest absolute Gasteiger partial charge is 0.513 e. The Labute approximate surface area is 130 Å². The first kappa shape index (κ1) is 14.6. The van der Waals surface area contributed by atoms with Crippen LogP contribution >= 0.6 is 0 Å². The first-order valence-corrected chi connectivity index (χ1v) is 7.84. The summed E-state index contributed by atoms with van der Waals surface area (Å²) in [6, 6.07) is 14.1. The maximum absolute atomic E-state index is 11.8. The van der Waals surface area contributed by atoms with Gasteiger partial charge in [0.1, 0.15) is 5.75 Å². The van der Waals surface area contributed by atoms with Crippen molar-refractivity contribution in [2.45, 2.75) is 32.6 Å². The van der Waals surface area contributed by atoms with Crippen LogP contribution in [0.25, 0.3) is 11.1 Å². The molecule has 0 radical (unpaired) electrons. The summed E-state index contributed by atoms with van der Waals surface area (Å²) in [4.78, 5) is 11.8. The number of rotatable bonds is 5. The highest BCUT2D eigenvalue weighted by molar-refractivity contribution is 5.80. The molecular formula is C19H20O3. The van der Waals surface area contributed by atoms with Crippen LogP contribution in [-0.2, 0) is 11.2 Å². The molecule has 3 rings (SSSR count). The van der Waals surface area contributed by atoms with Crippen LogP contribution in [0.4, 0.5) is 4.79 Å². The van der Waals surface area contributed by atoms with E-state index >= 15 is 0 Å². The normalized spacial score (nSPS) is 11.7. The standard InChI is InChI=1S/C19H20O3/c1-2-3-6-12-21-19(20)22-18-11-7-10-16-15-9-5-4-8-14(15)13-17(16)18/h4-5,7-11H,2-3,6,12-13H2,1H3. The molecule has 2 aromatic carbocycles. The third-order valence-corrected chi connectivity index (χ3v) is 3.97. The minimum absolute atomic E-state index is 0.419. The summed E-state index contributed by atoms with van der Waals surface area (Å²) in [5.41, 5.74) is 4.70. The first-order chi connectivity index (χ1) is 10.8. The number of hydrogen-bond acceptors (Lipinski definition) is 3. The molecule has 0 fully saturated rings. The third-order valence-electron chi connectivity index (χ3n) is 3.97. The second-order valence-corrected chi connectivity index (χ2v) is 5.52. The molecule has 22 heavy (non-hydrogen) atoms. The quantitative estimate of drug-likeness (QED) is 0.379. The summed E-state index contributed by atoms with van der Waals surface area (Å²) >= 11 is 0. The van der Waals surface area contributed by atoms with Gasteiger partial charge in [-0.2, -0.15) is 0 Å². The molecule has 3 nitrogen and oxygen atoms in total. The zero-order valence-corrected chi connectivity index (χ0v) is 12.8. The van der Waals surface area contributed by atoms with Crippen molar-refractivity contribution in [1.29, 1.82) is 0 Å². The molecular weight excluding hydrogens is 276 g/mol. The van der Waals surface area contributed by atoms with Gasteiger partial charge in [0.15, 0.2) is 0 Å². The summed E-state index contributed by atoms with van der Waals surface area (Å²) in [5, 5.41) is 0. The predicted octanol–water partition coefficient (Wildman–Crippen LogP) is 4.96. The highest BCUT2D eigenvalue weighted by Crippen LogP contribution is 2.40. The average molecular weight is 296 g/mol. The molecule has 0 N–H and O–H groups in total. The van der Waals surface area contributed by atoms with Crippen LogP contribution in [0.5, 0.6) is 5.75 Å². The maximum atomic E-state index is 11.8. The van der Waals surface area contributed by atoms with Crippen LogP contribution < -0.4 is 4.74 Å². The lowest BCUT2D eigenvalue weighted by molar-refractivity contribution is 0.0971. The zero-order valence-electron chi connectivity index (χ0n) is 12.8. The van der Waals surface area contributed by atoms with Crippen LogP contribution in [0.15, 0.2) is 42.5 Å². The molecule has 1 aliphatic rings. The van der Waals surface area contributed by atoms with Crippen LogP contribution in [0.1, 0.15) is 37.3 Å². The molecule has 0 bridgehead atoms. The van der Waals surface area contributed by atoms with Crippen molar-refractivity contribution in [2.75, 3.05) is 6.61 Å². The molecule has 0 aromatic heterocycles. The van der Waals surface area contributed by atoms with Crippen molar-refractivity contribution in [3.63, 3.8) is 0 Å². The molecule has 2 aromatic rings. The lowest BCUT2D eigenvalue weighted by Gasteiger charge is -2.09. The topological polar surface area (TPSA) is 35.5 Å². The number of carbonyl (C=O) groups is 1. The van der Waals surface area contributed by atoms with Crippen molar-refractivity contribution in [1.82, 2.24) is 0 Å². The third kappa shape index (κ3) is 2.98. The number of carbonyl (C=O) groups excluding carboxylic acids is 1. The van der Waals surface area contributed by atoms with Gasteiger partial charge in [0.25, 0.3) is 0 Å². The minimum Gasteiger partial charge on any atom is -0.434 e. The van der Waals surface area contributed by atoms with Crippen molar-refractivity contribution in [3.05, 3.63) is 53.6 Å². The van der Waals surface area contributed by atoms with E-state index in [1.54, 1.807) is 0 Å². The Kier molecular flexibility index (Phi) is 4.42. The van der Waals surface area contributed by atoms with Crippen LogP contribution in [0.3, 0.4) is 0 Å². The molecule has 0 amide bonds. The van der Waals surface area contributed by atoms with Gasteiger partial charge in [-0.15, -0.1) is 0 Å². The Morgan fingerprint density at radius 3 is 2.73 bits per heavy atom. The van der Waals surface area contributed by atoms with Gasteiger partial charge in [0.2, 0.25) is 0 Å². The van der Waals surface area contributed by atoms with E-state index in [0.717, 1.165) is 36.8 Å². The summed E-state index contributed by atoms with van der Waals surface area (Å²) in [7, 11) is 0. The van der Waals surface area contributed by atoms with Crippen molar-refractivity contribution >= 4 is 6.16 Å². The van der Waals surface area contributed by atoms with E-state index in [9.17, 15) is 4.79 Å². The predicted molar refractivity (Wildman–Crippen MR) is 86.2 cm³/mol. The van der Waals surface area contributed by atoms with Crippen LogP contribution in [0, 0.1) is 0 Å². The van der Waals surface area contributed by atoms with E-state index < -0.39 is 6.16 Å². The SMILES string of the molecule is CCCCCOC(=O)Oc1cccc2c1Cc1ccccc1-2. The fraction of sp³-hybridized carbons (Fsp3) is 0.316. The Bertz CT molecular complexity index is 676. The molecule has 0 saturated carbocycles. The Hall–Kier alpha value is -2.29. The van der Waals surface area contributed by atoms with Gasteiger partial charge in [0.05, 0.1) is 6.61 Å². The van der Waals surface area contributed by atoms with Gasteiger partial charge in [-0.05, 0) is 29.2 Å². The van der Waals surface area contributed by atoms with E-state index in [1.165, 1.54) is 11.1 Å². The highest BCUT2D eigenvalue weighted by atomic mass is 16.7. The number of unbranched alkanes of at least 4 members (excludes halogenated alkanes) is 2. The highest BCUT2D eigenvalue weighted by Gasteiger charge is 2.22. The van der Waals surface area contributed by atoms with Gasteiger partial charge in [0, 0.05) is 12.0 Å². The molecule has 1 aliphatic carbocycles. The number of benzene rings is 2. The van der Waals surface area contributed by atoms with Gasteiger partial charge >= 0.3 is 6.16 Å². The Morgan fingerprint density at radius 1 is 1.05 bits per heavy atom. The van der Waals surface area contributed by atoms with E-state index in [1.807, 2.05) is 24.3 Å². The maximum Gasteiger partial charge on any atom is 0.513 e. The second-order valence-electron chi connectivity index (χ2n) is 5.52. The smallest absolute Gasteiger partial charge is 0.434 e. The van der Waals surface area contributed by atoms with Gasteiger partial charge in [-0.25, -0.2) is 4.79 Å². The molecule has 0 spiro atoms. The van der Waals surface area contributed by atoms with E-state index in [2.05, 4.69) is 25.1 Å². The number of ether oxygens (including phenoxy) is 2. The lowest BCUT2D eigenvalue weighted by Crippen LogP contribution is -2.12. The summed E-state index contributed by atoms with van der Waals surface area (Å²) in [6.45, 7) is 2.53. The van der Waals surface area contributed by atoms with Crippen molar-refractivity contribution < 1.29 is 14.3 Å². The van der Waals surface area contributed by atoms with E-state index in [4.69, 9.17) is 9.47 Å².